The summed E-state index contributed by atoms with van der Waals surface area (Å²) in [7, 11) is 0. The Hall–Kier alpha value is -0.780. The normalized spacial score (nSPS) is 10.7. The van der Waals surface area contributed by atoms with Crippen LogP contribution in [0.5, 0.6) is 0 Å². The quantitative estimate of drug-likeness (QED) is 0.682. The number of hydrogen-bond donors (Lipinski definition) is 0. The first kappa shape index (κ1) is 12.3. The average molecular weight is 204 g/mol. The number of benzene rings is 1. The molecule has 0 saturated heterocycles. The SMILES string of the molecule is CCCc1cc(C)c(CC)c(C)c1CC. The molecule has 15 heavy (non-hydrogen) atoms. The highest BCUT2D eigenvalue weighted by Gasteiger charge is 2.09. The van der Waals surface area contributed by atoms with E-state index in [9.17, 15) is 0 Å². The largest absolute Gasteiger partial charge is 0.0651 e. The summed E-state index contributed by atoms with van der Waals surface area (Å²) in [5, 5.41) is 0. The lowest BCUT2D eigenvalue weighted by Gasteiger charge is -2.17. The van der Waals surface area contributed by atoms with Crippen LogP contribution in [0, 0.1) is 13.8 Å². The van der Waals surface area contributed by atoms with E-state index in [1.54, 1.807) is 22.3 Å². The number of rotatable bonds is 4. The summed E-state index contributed by atoms with van der Waals surface area (Å²) >= 11 is 0. The predicted molar refractivity (Wildman–Crippen MR) is 68.7 cm³/mol. The molecule has 0 aliphatic carbocycles. The maximum Gasteiger partial charge on any atom is -0.0279 e. The summed E-state index contributed by atoms with van der Waals surface area (Å²) in [4.78, 5) is 0. The second-order valence-corrected chi connectivity index (χ2v) is 4.39. The second kappa shape index (κ2) is 5.34. The van der Waals surface area contributed by atoms with E-state index in [0.717, 1.165) is 6.42 Å². The fourth-order valence-electron chi connectivity index (χ4n) is 2.68. The summed E-state index contributed by atoms with van der Waals surface area (Å²) in [6.07, 6.45) is 4.82. The highest BCUT2D eigenvalue weighted by atomic mass is 14.1. The third kappa shape index (κ3) is 2.42. The summed E-state index contributed by atoms with van der Waals surface area (Å²) in [5.41, 5.74) is 7.76. The van der Waals surface area contributed by atoms with Gasteiger partial charge in [-0.2, -0.15) is 0 Å². The Balaban J connectivity index is 3.30. The van der Waals surface area contributed by atoms with Gasteiger partial charge in [-0.25, -0.2) is 0 Å². The fraction of sp³-hybridized carbons (Fsp3) is 0.600. The van der Waals surface area contributed by atoms with Gasteiger partial charge in [0, 0.05) is 0 Å². The van der Waals surface area contributed by atoms with Crippen molar-refractivity contribution in [3.63, 3.8) is 0 Å². The molecular weight excluding hydrogens is 180 g/mol. The van der Waals surface area contributed by atoms with Crippen molar-refractivity contribution >= 4 is 0 Å². The lowest BCUT2D eigenvalue weighted by Crippen LogP contribution is -2.02. The molecule has 0 nitrogen and oxygen atoms in total. The second-order valence-electron chi connectivity index (χ2n) is 4.39. The first-order valence-electron chi connectivity index (χ1n) is 6.26. The number of hydrogen-bond acceptors (Lipinski definition) is 0. The van der Waals surface area contributed by atoms with Crippen molar-refractivity contribution in [1.82, 2.24) is 0 Å². The highest BCUT2D eigenvalue weighted by Crippen LogP contribution is 2.24. The summed E-state index contributed by atoms with van der Waals surface area (Å²) in [5.74, 6) is 0. The van der Waals surface area contributed by atoms with Crippen molar-refractivity contribution in [2.24, 2.45) is 0 Å². The Kier molecular flexibility index (Phi) is 4.38. The third-order valence-electron chi connectivity index (χ3n) is 3.39. The molecule has 0 heterocycles. The molecular formula is C15H24. The monoisotopic (exact) mass is 204 g/mol. The molecule has 0 saturated carbocycles. The molecule has 1 rings (SSSR count). The molecule has 0 aliphatic heterocycles. The van der Waals surface area contributed by atoms with Crippen LogP contribution in [0.15, 0.2) is 6.07 Å². The highest BCUT2D eigenvalue weighted by molar-refractivity contribution is 5.45. The Morgan fingerprint density at radius 3 is 2.00 bits per heavy atom. The van der Waals surface area contributed by atoms with Crippen LogP contribution < -0.4 is 0 Å². The minimum Gasteiger partial charge on any atom is -0.0651 e. The molecule has 1 aromatic rings. The standard InChI is InChI=1S/C15H24/c1-6-9-13-10-11(4)14(7-2)12(5)15(13)8-3/h10H,6-9H2,1-5H3. The van der Waals surface area contributed by atoms with Crippen LogP contribution in [0.4, 0.5) is 0 Å². The van der Waals surface area contributed by atoms with Gasteiger partial charge in [0.15, 0.2) is 0 Å². The number of aryl methyl sites for hydroxylation is 2. The van der Waals surface area contributed by atoms with Gasteiger partial charge in [-0.15, -0.1) is 0 Å². The van der Waals surface area contributed by atoms with E-state index in [2.05, 4.69) is 40.7 Å². The smallest absolute Gasteiger partial charge is 0.0279 e. The van der Waals surface area contributed by atoms with Gasteiger partial charge in [0.05, 0.1) is 0 Å². The van der Waals surface area contributed by atoms with Crippen LogP contribution in [0.2, 0.25) is 0 Å². The van der Waals surface area contributed by atoms with Crippen molar-refractivity contribution < 1.29 is 0 Å². The summed E-state index contributed by atoms with van der Waals surface area (Å²) < 4.78 is 0. The van der Waals surface area contributed by atoms with Crippen LogP contribution in [0.1, 0.15) is 55.0 Å². The van der Waals surface area contributed by atoms with Crippen LogP contribution >= 0.6 is 0 Å². The lowest BCUT2D eigenvalue weighted by molar-refractivity contribution is 0.884. The van der Waals surface area contributed by atoms with Gasteiger partial charge in [-0.3, -0.25) is 0 Å². The van der Waals surface area contributed by atoms with E-state index < -0.39 is 0 Å². The van der Waals surface area contributed by atoms with Crippen molar-refractivity contribution in [2.75, 3.05) is 0 Å². The maximum atomic E-state index is 2.41. The molecule has 0 heteroatoms. The molecule has 0 aromatic heterocycles. The zero-order valence-corrected chi connectivity index (χ0v) is 10.9. The van der Waals surface area contributed by atoms with Crippen LogP contribution in [-0.2, 0) is 19.3 Å². The topological polar surface area (TPSA) is 0 Å². The zero-order chi connectivity index (χ0) is 11.4. The Morgan fingerprint density at radius 2 is 1.53 bits per heavy atom. The van der Waals surface area contributed by atoms with E-state index in [-0.39, 0.29) is 0 Å². The first-order chi connectivity index (χ1) is 7.15. The van der Waals surface area contributed by atoms with Crippen molar-refractivity contribution in [2.45, 2.75) is 60.3 Å². The van der Waals surface area contributed by atoms with Gasteiger partial charge in [0.1, 0.15) is 0 Å². The summed E-state index contributed by atoms with van der Waals surface area (Å²) in [6, 6.07) is 2.41. The van der Waals surface area contributed by atoms with Gasteiger partial charge in [-0.1, -0.05) is 33.3 Å². The van der Waals surface area contributed by atoms with Crippen LogP contribution in [-0.4, -0.2) is 0 Å². The van der Waals surface area contributed by atoms with E-state index in [1.807, 2.05) is 0 Å². The Bertz CT molecular complexity index is 334. The van der Waals surface area contributed by atoms with Crippen LogP contribution in [0.3, 0.4) is 0 Å². The van der Waals surface area contributed by atoms with Gasteiger partial charge in [0.2, 0.25) is 0 Å². The minimum atomic E-state index is 1.16. The summed E-state index contributed by atoms with van der Waals surface area (Å²) in [6.45, 7) is 11.3. The maximum absolute atomic E-state index is 2.41. The van der Waals surface area contributed by atoms with Crippen molar-refractivity contribution in [3.05, 3.63) is 33.9 Å². The molecule has 0 atom stereocenters. The lowest BCUT2D eigenvalue weighted by atomic mass is 9.89. The Morgan fingerprint density at radius 1 is 0.933 bits per heavy atom. The molecule has 0 spiro atoms. The molecule has 0 aliphatic rings. The molecule has 0 bridgehead atoms. The molecule has 1 aromatic carbocycles. The third-order valence-corrected chi connectivity index (χ3v) is 3.39. The van der Waals surface area contributed by atoms with Crippen molar-refractivity contribution in [3.8, 4) is 0 Å². The molecule has 0 unspecified atom stereocenters. The Labute approximate surface area is 94.7 Å². The molecule has 0 N–H and O–H groups in total. The van der Waals surface area contributed by atoms with E-state index in [0.29, 0.717) is 0 Å². The fourth-order valence-corrected chi connectivity index (χ4v) is 2.68. The molecule has 0 radical (unpaired) electrons. The minimum absolute atomic E-state index is 1.16. The van der Waals surface area contributed by atoms with Gasteiger partial charge in [-0.05, 0) is 60.9 Å². The van der Waals surface area contributed by atoms with Crippen LogP contribution in [0.25, 0.3) is 0 Å². The van der Waals surface area contributed by atoms with Gasteiger partial charge >= 0.3 is 0 Å². The molecule has 0 amide bonds. The van der Waals surface area contributed by atoms with E-state index in [1.165, 1.54) is 24.8 Å². The predicted octanol–water partition coefficient (Wildman–Crippen LogP) is 4.38. The molecule has 0 fully saturated rings. The van der Waals surface area contributed by atoms with E-state index >= 15 is 0 Å². The van der Waals surface area contributed by atoms with Gasteiger partial charge in [0.25, 0.3) is 0 Å². The van der Waals surface area contributed by atoms with E-state index in [4.69, 9.17) is 0 Å². The molecule has 84 valence electrons. The zero-order valence-electron chi connectivity index (χ0n) is 10.9. The van der Waals surface area contributed by atoms with Crippen molar-refractivity contribution in [1.29, 1.82) is 0 Å². The first-order valence-corrected chi connectivity index (χ1v) is 6.26. The average Bonchev–Trinajstić information content (AvgIpc) is 2.19. The van der Waals surface area contributed by atoms with Gasteiger partial charge < -0.3 is 0 Å².